The van der Waals surface area contributed by atoms with Gasteiger partial charge in [-0.2, -0.15) is 0 Å². The SMILES string of the molecule is CC1CC(NC(=O)c2cc(Cl)ncc2N)C1. The Hall–Kier alpha value is -1.29. The Labute approximate surface area is 99.2 Å². The van der Waals surface area contributed by atoms with Crippen LogP contribution in [0.1, 0.15) is 30.1 Å². The largest absolute Gasteiger partial charge is 0.397 e. The van der Waals surface area contributed by atoms with Crippen molar-refractivity contribution in [2.75, 3.05) is 5.73 Å². The van der Waals surface area contributed by atoms with Gasteiger partial charge in [-0.1, -0.05) is 18.5 Å². The van der Waals surface area contributed by atoms with Gasteiger partial charge in [0.1, 0.15) is 5.15 Å². The minimum atomic E-state index is -0.168. The molecule has 16 heavy (non-hydrogen) atoms. The number of aromatic nitrogens is 1. The van der Waals surface area contributed by atoms with E-state index in [1.807, 2.05) is 0 Å². The minimum Gasteiger partial charge on any atom is -0.397 e. The first-order chi connectivity index (χ1) is 7.56. The third-order valence-corrected chi connectivity index (χ3v) is 3.06. The molecule has 1 aromatic rings. The molecule has 1 fully saturated rings. The van der Waals surface area contributed by atoms with Crippen molar-refractivity contribution in [2.24, 2.45) is 5.92 Å². The smallest absolute Gasteiger partial charge is 0.253 e. The van der Waals surface area contributed by atoms with E-state index in [1.165, 1.54) is 12.3 Å². The fourth-order valence-electron chi connectivity index (χ4n) is 1.92. The first-order valence-corrected chi connectivity index (χ1v) is 5.66. The molecule has 0 aromatic carbocycles. The zero-order valence-electron chi connectivity index (χ0n) is 9.03. The number of nitrogen functional groups attached to an aromatic ring is 1. The van der Waals surface area contributed by atoms with Gasteiger partial charge in [0, 0.05) is 6.04 Å². The zero-order valence-corrected chi connectivity index (χ0v) is 9.79. The topological polar surface area (TPSA) is 68.0 Å². The number of hydrogen-bond acceptors (Lipinski definition) is 3. The molecule has 4 nitrogen and oxygen atoms in total. The molecule has 1 heterocycles. The number of amides is 1. The number of nitrogens with zero attached hydrogens (tertiary/aromatic N) is 1. The molecule has 3 N–H and O–H groups in total. The number of nitrogens with one attached hydrogen (secondary N) is 1. The van der Waals surface area contributed by atoms with Gasteiger partial charge in [-0.3, -0.25) is 4.79 Å². The molecule has 0 spiro atoms. The van der Waals surface area contributed by atoms with Crippen LogP contribution in [0.25, 0.3) is 0 Å². The number of halogens is 1. The van der Waals surface area contributed by atoms with Crippen LogP contribution < -0.4 is 11.1 Å². The van der Waals surface area contributed by atoms with Crippen LogP contribution >= 0.6 is 11.6 Å². The normalized spacial score (nSPS) is 23.6. The van der Waals surface area contributed by atoms with Crippen LogP contribution in [-0.2, 0) is 0 Å². The lowest BCUT2D eigenvalue weighted by Gasteiger charge is -2.33. The fourth-order valence-corrected chi connectivity index (χ4v) is 2.08. The Balaban J connectivity index is 2.05. The maximum Gasteiger partial charge on any atom is 0.253 e. The monoisotopic (exact) mass is 239 g/mol. The second-order valence-electron chi connectivity index (χ2n) is 4.34. The number of pyridine rings is 1. The van der Waals surface area contributed by atoms with Crippen molar-refractivity contribution in [1.82, 2.24) is 10.3 Å². The van der Waals surface area contributed by atoms with Gasteiger partial charge in [-0.15, -0.1) is 0 Å². The number of rotatable bonds is 2. The lowest BCUT2D eigenvalue weighted by Crippen LogP contribution is -2.43. The summed E-state index contributed by atoms with van der Waals surface area (Å²) < 4.78 is 0. The van der Waals surface area contributed by atoms with Crippen molar-refractivity contribution < 1.29 is 4.79 Å². The van der Waals surface area contributed by atoms with E-state index in [9.17, 15) is 4.79 Å². The van der Waals surface area contributed by atoms with Crippen molar-refractivity contribution >= 4 is 23.2 Å². The average molecular weight is 240 g/mol. The molecular formula is C11H14ClN3O. The number of hydrogen-bond donors (Lipinski definition) is 2. The average Bonchev–Trinajstić information content (AvgIpc) is 2.19. The highest BCUT2D eigenvalue weighted by atomic mass is 35.5. The summed E-state index contributed by atoms with van der Waals surface area (Å²) >= 11 is 5.72. The van der Waals surface area contributed by atoms with Gasteiger partial charge in [-0.25, -0.2) is 4.98 Å². The molecule has 0 aliphatic heterocycles. The number of anilines is 1. The molecule has 0 atom stereocenters. The third kappa shape index (κ3) is 2.27. The number of nitrogens with two attached hydrogens (primary N) is 1. The Bertz CT molecular complexity index is 416. The molecule has 1 amide bonds. The highest BCUT2D eigenvalue weighted by Gasteiger charge is 2.27. The van der Waals surface area contributed by atoms with E-state index < -0.39 is 0 Å². The number of carbonyl (C=O) groups is 1. The van der Waals surface area contributed by atoms with Gasteiger partial charge < -0.3 is 11.1 Å². The molecule has 1 saturated carbocycles. The van der Waals surface area contributed by atoms with Crippen LogP contribution in [0.5, 0.6) is 0 Å². The van der Waals surface area contributed by atoms with Crippen LogP contribution in [0, 0.1) is 5.92 Å². The summed E-state index contributed by atoms with van der Waals surface area (Å²) in [5.74, 6) is 0.530. The standard InChI is InChI=1S/C11H14ClN3O/c1-6-2-7(3-6)15-11(16)8-4-10(12)14-5-9(8)13/h4-7H,2-3,13H2,1H3,(H,15,16). The van der Waals surface area contributed by atoms with Crippen molar-refractivity contribution in [3.8, 4) is 0 Å². The van der Waals surface area contributed by atoms with E-state index in [1.54, 1.807) is 0 Å². The first-order valence-electron chi connectivity index (χ1n) is 5.28. The van der Waals surface area contributed by atoms with Gasteiger partial charge in [0.15, 0.2) is 0 Å². The van der Waals surface area contributed by atoms with Gasteiger partial charge >= 0.3 is 0 Å². The summed E-state index contributed by atoms with van der Waals surface area (Å²) in [5.41, 5.74) is 6.43. The molecular weight excluding hydrogens is 226 g/mol. The van der Waals surface area contributed by atoms with Gasteiger partial charge in [0.2, 0.25) is 0 Å². The second kappa shape index (κ2) is 4.29. The van der Waals surface area contributed by atoms with E-state index in [-0.39, 0.29) is 17.1 Å². The summed E-state index contributed by atoms with van der Waals surface area (Å²) in [6, 6.07) is 1.77. The van der Waals surface area contributed by atoms with Crippen LogP contribution in [0.3, 0.4) is 0 Å². The van der Waals surface area contributed by atoms with E-state index in [0.29, 0.717) is 17.2 Å². The molecule has 1 aromatic heterocycles. The summed E-state index contributed by atoms with van der Waals surface area (Å²) in [6.45, 7) is 2.17. The van der Waals surface area contributed by atoms with Crippen molar-refractivity contribution in [1.29, 1.82) is 0 Å². The maximum absolute atomic E-state index is 11.9. The Kier molecular flexibility index (Phi) is 3.01. The Morgan fingerprint density at radius 2 is 2.31 bits per heavy atom. The molecule has 5 heteroatoms. The predicted octanol–water partition coefficient (Wildman–Crippen LogP) is 1.85. The van der Waals surface area contributed by atoms with Crippen LogP contribution in [0.2, 0.25) is 5.15 Å². The van der Waals surface area contributed by atoms with Crippen LogP contribution in [-0.4, -0.2) is 16.9 Å². The highest BCUT2D eigenvalue weighted by molar-refractivity contribution is 6.29. The predicted molar refractivity (Wildman–Crippen MR) is 63.3 cm³/mol. The number of carbonyl (C=O) groups excluding carboxylic acids is 1. The summed E-state index contributed by atoms with van der Waals surface area (Å²) in [5, 5.41) is 3.20. The Morgan fingerprint density at radius 3 is 2.94 bits per heavy atom. The van der Waals surface area contributed by atoms with E-state index >= 15 is 0 Å². The fraction of sp³-hybridized carbons (Fsp3) is 0.455. The summed E-state index contributed by atoms with van der Waals surface area (Å²) in [6.07, 6.45) is 3.47. The maximum atomic E-state index is 11.9. The highest BCUT2D eigenvalue weighted by Crippen LogP contribution is 2.27. The van der Waals surface area contributed by atoms with E-state index in [2.05, 4.69) is 17.2 Å². The second-order valence-corrected chi connectivity index (χ2v) is 4.73. The molecule has 86 valence electrons. The summed E-state index contributed by atoms with van der Waals surface area (Å²) in [7, 11) is 0. The molecule has 0 unspecified atom stereocenters. The quantitative estimate of drug-likeness (QED) is 0.774. The minimum absolute atomic E-state index is 0.168. The van der Waals surface area contributed by atoms with Crippen molar-refractivity contribution in [2.45, 2.75) is 25.8 Å². The third-order valence-electron chi connectivity index (χ3n) is 2.86. The molecule has 0 saturated heterocycles. The van der Waals surface area contributed by atoms with E-state index in [4.69, 9.17) is 17.3 Å². The Morgan fingerprint density at radius 1 is 1.62 bits per heavy atom. The van der Waals surface area contributed by atoms with E-state index in [0.717, 1.165) is 12.8 Å². The summed E-state index contributed by atoms with van der Waals surface area (Å²) in [4.78, 5) is 15.7. The molecule has 0 radical (unpaired) electrons. The lowest BCUT2D eigenvalue weighted by molar-refractivity contribution is 0.0897. The zero-order chi connectivity index (χ0) is 11.7. The molecule has 1 aliphatic carbocycles. The van der Waals surface area contributed by atoms with Crippen molar-refractivity contribution in [3.63, 3.8) is 0 Å². The van der Waals surface area contributed by atoms with Crippen LogP contribution in [0.15, 0.2) is 12.3 Å². The van der Waals surface area contributed by atoms with Crippen molar-refractivity contribution in [3.05, 3.63) is 23.0 Å². The molecule has 0 bridgehead atoms. The molecule has 2 rings (SSSR count). The molecule has 1 aliphatic rings. The van der Waals surface area contributed by atoms with Gasteiger partial charge in [-0.05, 0) is 24.8 Å². The lowest BCUT2D eigenvalue weighted by atomic mass is 9.82. The first kappa shape index (κ1) is 11.2. The van der Waals surface area contributed by atoms with Crippen LogP contribution in [0.4, 0.5) is 5.69 Å². The van der Waals surface area contributed by atoms with Gasteiger partial charge in [0.05, 0.1) is 17.4 Å². The van der Waals surface area contributed by atoms with Gasteiger partial charge in [0.25, 0.3) is 5.91 Å².